The van der Waals surface area contributed by atoms with Gasteiger partial charge in [0.1, 0.15) is 24.4 Å². The molecule has 3 aromatic carbocycles. The molecule has 0 amide bonds. The zero-order valence-corrected chi connectivity index (χ0v) is 18.6. The highest BCUT2D eigenvalue weighted by atomic mass is 31.1. The maximum Gasteiger partial charge on any atom is 0.256 e. The standard InChI is InChI=1S/C25H26NO6P/c27-16-20-22(28)23(29)24(30)25(31-20)32-26-15-17-9-7-8-14-21(17)33(18-10-3-1-4-11-18)19-12-5-2-6-13-19/h1-15,20,22-25,27-30H,16H2/b26-15+/t20-,22-,23+,24-,25+/m1/s1. The molecule has 0 aliphatic carbocycles. The monoisotopic (exact) mass is 467 g/mol. The van der Waals surface area contributed by atoms with Crippen LogP contribution in [0, 0.1) is 0 Å². The summed E-state index contributed by atoms with van der Waals surface area (Å²) in [4.78, 5) is 5.32. The number of ether oxygens (including phenoxy) is 1. The molecule has 1 aliphatic rings. The fourth-order valence-corrected chi connectivity index (χ4v) is 6.10. The lowest BCUT2D eigenvalue weighted by Gasteiger charge is -2.38. The number of aliphatic hydroxyl groups is 4. The van der Waals surface area contributed by atoms with Crippen LogP contribution in [0.2, 0.25) is 0 Å². The summed E-state index contributed by atoms with van der Waals surface area (Å²) >= 11 is 0. The SMILES string of the molecule is OC[C@H]1O[C@@H](O/N=C/c2ccccc2P(c2ccccc2)c2ccccc2)[C@H](O)[C@@H](O)[C@@H]1O. The molecule has 0 radical (unpaired) electrons. The van der Waals surface area contributed by atoms with E-state index in [4.69, 9.17) is 9.57 Å². The molecule has 1 aliphatic heterocycles. The van der Waals surface area contributed by atoms with Crippen LogP contribution in [-0.2, 0) is 9.57 Å². The van der Waals surface area contributed by atoms with Crippen molar-refractivity contribution in [1.82, 2.24) is 0 Å². The van der Waals surface area contributed by atoms with Gasteiger partial charge in [-0.15, -0.1) is 0 Å². The zero-order chi connectivity index (χ0) is 23.2. The first-order valence-electron chi connectivity index (χ1n) is 10.6. The third-order valence-electron chi connectivity index (χ3n) is 5.41. The molecule has 172 valence electrons. The summed E-state index contributed by atoms with van der Waals surface area (Å²) in [6.45, 7) is -0.532. The van der Waals surface area contributed by atoms with E-state index in [9.17, 15) is 20.4 Å². The molecule has 33 heavy (non-hydrogen) atoms. The second-order valence-electron chi connectivity index (χ2n) is 7.60. The second-order valence-corrected chi connectivity index (χ2v) is 9.79. The number of benzene rings is 3. The van der Waals surface area contributed by atoms with Crippen LogP contribution in [0.4, 0.5) is 0 Å². The van der Waals surface area contributed by atoms with Crippen LogP contribution < -0.4 is 15.9 Å². The second kappa shape index (κ2) is 11.0. The largest absolute Gasteiger partial charge is 0.394 e. The third-order valence-corrected chi connectivity index (χ3v) is 7.93. The smallest absolute Gasteiger partial charge is 0.256 e. The maximum absolute atomic E-state index is 10.1. The molecule has 5 atom stereocenters. The lowest BCUT2D eigenvalue weighted by Crippen LogP contribution is -2.58. The highest BCUT2D eigenvalue weighted by Crippen LogP contribution is 2.33. The molecule has 0 saturated carbocycles. The van der Waals surface area contributed by atoms with Gasteiger partial charge in [-0.1, -0.05) is 90.1 Å². The van der Waals surface area contributed by atoms with Gasteiger partial charge < -0.3 is 30.0 Å². The van der Waals surface area contributed by atoms with E-state index in [1.54, 1.807) is 0 Å². The molecular weight excluding hydrogens is 441 g/mol. The van der Waals surface area contributed by atoms with E-state index in [0.717, 1.165) is 10.9 Å². The Labute approximate surface area is 193 Å². The van der Waals surface area contributed by atoms with Crippen molar-refractivity contribution < 1.29 is 30.0 Å². The summed E-state index contributed by atoms with van der Waals surface area (Å²) in [5, 5.41) is 46.8. The van der Waals surface area contributed by atoms with Gasteiger partial charge in [-0.3, -0.25) is 0 Å². The van der Waals surface area contributed by atoms with Gasteiger partial charge >= 0.3 is 0 Å². The summed E-state index contributed by atoms with van der Waals surface area (Å²) in [6, 6.07) is 28.4. The highest BCUT2D eigenvalue weighted by molar-refractivity contribution is 7.80. The highest BCUT2D eigenvalue weighted by Gasteiger charge is 2.44. The quantitative estimate of drug-likeness (QED) is 0.230. The Morgan fingerprint density at radius 3 is 1.97 bits per heavy atom. The van der Waals surface area contributed by atoms with Gasteiger partial charge in [0.25, 0.3) is 6.29 Å². The molecule has 8 heteroatoms. The number of nitrogens with zero attached hydrogens (tertiary/aromatic N) is 1. The van der Waals surface area contributed by atoms with Crippen LogP contribution in [0.25, 0.3) is 0 Å². The molecule has 1 saturated heterocycles. The van der Waals surface area contributed by atoms with Crippen LogP contribution in [0.5, 0.6) is 0 Å². The van der Waals surface area contributed by atoms with Crippen LogP contribution in [0.3, 0.4) is 0 Å². The van der Waals surface area contributed by atoms with Crippen LogP contribution in [0.1, 0.15) is 5.56 Å². The number of hydrogen-bond acceptors (Lipinski definition) is 7. The van der Waals surface area contributed by atoms with E-state index >= 15 is 0 Å². The first-order valence-corrected chi connectivity index (χ1v) is 11.9. The predicted octanol–water partition coefficient (Wildman–Crippen LogP) is 0.595. The number of rotatable bonds is 7. The molecule has 0 spiro atoms. The van der Waals surface area contributed by atoms with E-state index in [0.29, 0.717) is 0 Å². The molecule has 1 heterocycles. The minimum atomic E-state index is -1.52. The Balaban J connectivity index is 1.61. The molecule has 4 N–H and O–H groups in total. The van der Waals surface area contributed by atoms with Crippen LogP contribution >= 0.6 is 7.92 Å². The van der Waals surface area contributed by atoms with Crippen molar-refractivity contribution in [1.29, 1.82) is 0 Å². The van der Waals surface area contributed by atoms with Gasteiger partial charge in [-0.25, -0.2) is 0 Å². The summed E-state index contributed by atoms with van der Waals surface area (Å²) in [6.07, 6.45) is -5.32. The van der Waals surface area contributed by atoms with Crippen molar-refractivity contribution in [2.75, 3.05) is 6.61 Å². The average Bonchev–Trinajstić information content (AvgIpc) is 2.86. The van der Waals surface area contributed by atoms with Crippen molar-refractivity contribution in [3.63, 3.8) is 0 Å². The van der Waals surface area contributed by atoms with Gasteiger partial charge in [-0.05, 0) is 23.8 Å². The Hall–Kier alpha value is -2.64. The maximum atomic E-state index is 10.1. The van der Waals surface area contributed by atoms with E-state index in [-0.39, 0.29) is 0 Å². The minimum Gasteiger partial charge on any atom is -0.394 e. The lowest BCUT2D eigenvalue weighted by atomic mass is 9.99. The first kappa shape index (κ1) is 23.5. The molecule has 1 fully saturated rings. The van der Waals surface area contributed by atoms with Crippen molar-refractivity contribution in [2.24, 2.45) is 5.16 Å². The van der Waals surface area contributed by atoms with Crippen LogP contribution in [-0.4, -0.2) is 64.0 Å². The molecule has 0 aromatic heterocycles. The summed E-state index contributed by atoms with van der Waals surface area (Å²) in [7, 11) is -0.863. The zero-order valence-electron chi connectivity index (χ0n) is 17.8. The molecule has 0 unspecified atom stereocenters. The van der Waals surface area contributed by atoms with E-state index < -0.39 is 45.2 Å². The average molecular weight is 467 g/mol. The Bertz CT molecular complexity index is 1010. The van der Waals surface area contributed by atoms with Crippen LogP contribution in [0.15, 0.2) is 90.1 Å². The van der Waals surface area contributed by atoms with Crippen molar-refractivity contribution in [3.05, 3.63) is 90.5 Å². The molecule has 0 bridgehead atoms. The number of aliphatic hydroxyl groups excluding tert-OH is 4. The fourth-order valence-electron chi connectivity index (χ4n) is 3.68. The normalized spacial score (nSPS) is 25.4. The Kier molecular flexibility index (Phi) is 7.83. The van der Waals surface area contributed by atoms with E-state index in [1.165, 1.54) is 16.8 Å². The lowest BCUT2D eigenvalue weighted by molar-refractivity contribution is -0.301. The van der Waals surface area contributed by atoms with E-state index in [2.05, 4.69) is 35.5 Å². The number of hydrogen-bond donors (Lipinski definition) is 4. The summed E-state index contributed by atoms with van der Waals surface area (Å²) in [5.41, 5.74) is 0.834. The van der Waals surface area contributed by atoms with Gasteiger partial charge in [-0.2, -0.15) is 0 Å². The summed E-state index contributed by atoms with van der Waals surface area (Å²) < 4.78 is 5.34. The van der Waals surface area contributed by atoms with Gasteiger partial charge in [0.05, 0.1) is 12.8 Å². The van der Waals surface area contributed by atoms with Crippen molar-refractivity contribution in [3.8, 4) is 0 Å². The minimum absolute atomic E-state index is 0.532. The fraction of sp³-hybridized carbons (Fsp3) is 0.240. The Morgan fingerprint density at radius 2 is 1.36 bits per heavy atom. The van der Waals surface area contributed by atoms with E-state index in [1.807, 2.05) is 54.6 Å². The molecular formula is C25H26NO6P. The predicted molar refractivity (Wildman–Crippen MR) is 128 cm³/mol. The van der Waals surface area contributed by atoms with Gasteiger partial charge in [0.2, 0.25) is 0 Å². The summed E-state index contributed by atoms with van der Waals surface area (Å²) in [5.74, 6) is 0. The van der Waals surface area contributed by atoms with Gasteiger partial charge in [0.15, 0.2) is 0 Å². The molecule has 4 rings (SSSR count). The third kappa shape index (κ3) is 5.31. The molecule has 3 aromatic rings. The van der Waals surface area contributed by atoms with Crippen molar-refractivity contribution >= 4 is 30.0 Å². The topological polar surface area (TPSA) is 112 Å². The first-order chi connectivity index (χ1) is 16.1. The van der Waals surface area contributed by atoms with Gasteiger partial charge in [0, 0.05) is 5.56 Å². The number of oxime groups is 1. The molecule has 7 nitrogen and oxygen atoms in total. The Morgan fingerprint density at radius 1 is 0.788 bits per heavy atom. The van der Waals surface area contributed by atoms with Crippen molar-refractivity contribution in [2.45, 2.75) is 30.7 Å².